The van der Waals surface area contributed by atoms with Crippen LogP contribution in [0.25, 0.3) is 10.9 Å². The number of benzene rings is 1. The highest BCUT2D eigenvalue weighted by molar-refractivity contribution is 6.31. The molecule has 2 N–H and O–H groups in total. The Morgan fingerprint density at radius 1 is 1.48 bits per heavy atom. The van der Waals surface area contributed by atoms with Crippen LogP contribution in [0.5, 0.6) is 0 Å². The van der Waals surface area contributed by atoms with Crippen LogP contribution in [-0.4, -0.2) is 28.0 Å². The minimum absolute atomic E-state index is 0.167. The molecule has 1 aliphatic rings. The molecule has 0 atom stereocenters. The molecule has 112 valence electrons. The van der Waals surface area contributed by atoms with Crippen LogP contribution in [0.3, 0.4) is 0 Å². The summed E-state index contributed by atoms with van der Waals surface area (Å²) in [5.41, 5.74) is 7.82. The van der Waals surface area contributed by atoms with E-state index in [4.69, 9.17) is 17.3 Å². The van der Waals surface area contributed by atoms with Gasteiger partial charge in [-0.15, -0.1) is 0 Å². The maximum absolute atomic E-state index is 12.5. The molecule has 1 aromatic carbocycles. The molecule has 0 spiro atoms. The van der Waals surface area contributed by atoms with Crippen molar-refractivity contribution in [2.24, 2.45) is 5.73 Å². The van der Waals surface area contributed by atoms with Gasteiger partial charge in [-0.2, -0.15) is 0 Å². The molecule has 1 aromatic heterocycles. The third kappa shape index (κ3) is 2.78. The number of halogens is 1. The third-order valence-electron chi connectivity index (χ3n) is 4.10. The van der Waals surface area contributed by atoms with Crippen LogP contribution in [0.4, 0.5) is 0 Å². The molecule has 1 aliphatic carbocycles. The van der Waals surface area contributed by atoms with Crippen molar-refractivity contribution in [3.05, 3.63) is 35.0 Å². The molecule has 0 unspecified atom stereocenters. The Morgan fingerprint density at radius 2 is 2.24 bits per heavy atom. The zero-order chi connectivity index (χ0) is 15.0. The van der Waals surface area contributed by atoms with Crippen LogP contribution in [0.2, 0.25) is 5.02 Å². The van der Waals surface area contributed by atoms with E-state index in [-0.39, 0.29) is 5.91 Å². The van der Waals surface area contributed by atoms with E-state index in [1.165, 1.54) is 0 Å². The van der Waals surface area contributed by atoms with Crippen LogP contribution in [0.15, 0.2) is 24.4 Å². The Labute approximate surface area is 129 Å². The van der Waals surface area contributed by atoms with Crippen LogP contribution < -0.4 is 5.73 Å². The first-order valence-corrected chi connectivity index (χ1v) is 7.78. The molecule has 1 saturated carbocycles. The molecule has 5 heteroatoms. The lowest BCUT2D eigenvalue weighted by atomic mass is 10.2. The first-order valence-electron chi connectivity index (χ1n) is 7.40. The molecule has 0 bridgehead atoms. The lowest BCUT2D eigenvalue weighted by Gasteiger charge is -2.20. The van der Waals surface area contributed by atoms with Crippen molar-refractivity contribution in [1.29, 1.82) is 0 Å². The monoisotopic (exact) mass is 305 g/mol. The predicted molar refractivity (Wildman–Crippen MR) is 85.2 cm³/mol. The minimum Gasteiger partial charge on any atom is -0.338 e. The highest BCUT2D eigenvalue weighted by atomic mass is 35.5. The second kappa shape index (κ2) is 5.70. The van der Waals surface area contributed by atoms with E-state index >= 15 is 0 Å². The molecule has 1 fully saturated rings. The predicted octanol–water partition coefficient (Wildman–Crippen LogP) is 2.76. The van der Waals surface area contributed by atoms with Gasteiger partial charge in [-0.25, -0.2) is 0 Å². The molecular formula is C16H20ClN3O. The summed E-state index contributed by atoms with van der Waals surface area (Å²) in [6, 6.07) is 6.18. The third-order valence-corrected chi connectivity index (χ3v) is 4.34. The number of hydrogen-bond acceptors (Lipinski definition) is 2. The Balaban J connectivity index is 1.92. The quantitative estimate of drug-likeness (QED) is 0.923. The van der Waals surface area contributed by atoms with E-state index < -0.39 is 0 Å². The Morgan fingerprint density at radius 3 is 2.86 bits per heavy atom. The molecule has 1 heterocycles. The Hall–Kier alpha value is -1.52. The number of nitrogens with zero attached hydrogens (tertiary/aromatic N) is 2. The average molecular weight is 306 g/mol. The molecule has 2 aromatic rings. The van der Waals surface area contributed by atoms with Gasteiger partial charge < -0.3 is 15.2 Å². The average Bonchev–Trinajstić information content (AvgIpc) is 3.24. The standard InChI is InChI=1S/C16H20ClN3O/c1-2-20(13-4-5-13)16(21)10-19-9-11(8-18)14-6-3-12(17)7-15(14)19/h3,6-7,9,13H,2,4-5,8,10,18H2,1H3. The van der Waals surface area contributed by atoms with Gasteiger partial charge in [0.25, 0.3) is 0 Å². The van der Waals surface area contributed by atoms with E-state index in [0.717, 1.165) is 35.9 Å². The number of nitrogens with two attached hydrogens (primary N) is 1. The number of amides is 1. The fourth-order valence-corrected chi connectivity index (χ4v) is 3.06. The van der Waals surface area contributed by atoms with Crippen LogP contribution in [0.1, 0.15) is 25.3 Å². The molecule has 0 aliphatic heterocycles. The maximum atomic E-state index is 12.5. The summed E-state index contributed by atoms with van der Waals surface area (Å²) < 4.78 is 1.97. The highest BCUT2D eigenvalue weighted by Crippen LogP contribution is 2.28. The number of carbonyl (C=O) groups excluding carboxylic acids is 1. The van der Waals surface area contributed by atoms with E-state index in [2.05, 4.69) is 0 Å². The molecule has 3 rings (SSSR count). The summed E-state index contributed by atoms with van der Waals surface area (Å²) in [7, 11) is 0. The van der Waals surface area contributed by atoms with Gasteiger partial charge in [0, 0.05) is 35.7 Å². The normalized spacial score (nSPS) is 14.6. The SMILES string of the molecule is CCN(C(=O)Cn1cc(CN)c2ccc(Cl)cc21)C1CC1. The Kier molecular flexibility index (Phi) is 3.91. The zero-order valence-electron chi connectivity index (χ0n) is 12.2. The summed E-state index contributed by atoms with van der Waals surface area (Å²) in [4.78, 5) is 14.5. The topological polar surface area (TPSA) is 51.3 Å². The largest absolute Gasteiger partial charge is 0.338 e. The molecule has 0 saturated heterocycles. The van der Waals surface area contributed by atoms with Crippen molar-refractivity contribution < 1.29 is 4.79 Å². The molecule has 1 amide bonds. The summed E-state index contributed by atoms with van der Waals surface area (Å²) in [6.07, 6.45) is 4.23. The number of rotatable bonds is 5. The Bertz CT molecular complexity index is 675. The van der Waals surface area contributed by atoms with Crippen molar-refractivity contribution in [1.82, 2.24) is 9.47 Å². The van der Waals surface area contributed by atoms with Crippen LogP contribution in [0, 0.1) is 0 Å². The van der Waals surface area contributed by atoms with E-state index in [9.17, 15) is 4.79 Å². The number of aromatic nitrogens is 1. The smallest absolute Gasteiger partial charge is 0.242 e. The van der Waals surface area contributed by atoms with E-state index in [0.29, 0.717) is 24.2 Å². The van der Waals surface area contributed by atoms with Crippen molar-refractivity contribution in [2.45, 2.75) is 38.9 Å². The highest BCUT2D eigenvalue weighted by Gasteiger charge is 2.31. The van der Waals surface area contributed by atoms with Gasteiger partial charge in [-0.1, -0.05) is 17.7 Å². The second-order valence-corrected chi connectivity index (χ2v) is 6.00. The lowest BCUT2D eigenvalue weighted by molar-refractivity contribution is -0.132. The summed E-state index contributed by atoms with van der Waals surface area (Å²) >= 11 is 6.09. The fraction of sp³-hybridized carbons (Fsp3) is 0.438. The van der Waals surface area contributed by atoms with Gasteiger partial charge in [0.2, 0.25) is 5.91 Å². The molecule has 4 nitrogen and oxygen atoms in total. The van der Waals surface area contributed by atoms with Crippen molar-refractivity contribution >= 4 is 28.4 Å². The molecular weight excluding hydrogens is 286 g/mol. The fourth-order valence-electron chi connectivity index (χ4n) is 2.90. The molecule has 0 radical (unpaired) electrons. The summed E-state index contributed by atoms with van der Waals surface area (Å²) in [5, 5.41) is 1.75. The van der Waals surface area contributed by atoms with Crippen LogP contribution in [-0.2, 0) is 17.9 Å². The van der Waals surface area contributed by atoms with Gasteiger partial charge in [-0.05, 0) is 37.5 Å². The van der Waals surface area contributed by atoms with Gasteiger partial charge >= 0.3 is 0 Å². The number of fused-ring (bicyclic) bond motifs is 1. The van der Waals surface area contributed by atoms with Gasteiger partial charge in [0.05, 0.1) is 5.52 Å². The minimum atomic E-state index is 0.167. The van der Waals surface area contributed by atoms with Gasteiger partial charge in [0.15, 0.2) is 0 Å². The van der Waals surface area contributed by atoms with Crippen molar-refractivity contribution in [3.8, 4) is 0 Å². The zero-order valence-corrected chi connectivity index (χ0v) is 12.9. The van der Waals surface area contributed by atoms with E-state index in [1.54, 1.807) is 0 Å². The first kappa shape index (κ1) is 14.4. The maximum Gasteiger partial charge on any atom is 0.242 e. The van der Waals surface area contributed by atoms with Crippen LogP contribution >= 0.6 is 11.6 Å². The number of hydrogen-bond donors (Lipinski definition) is 1. The first-order chi connectivity index (χ1) is 10.1. The number of likely N-dealkylation sites (N-methyl/N-ethyl adjacent to an activating group) is 1. The summed E-state index contributed by atoms with van der Waals surface area (Å²) in [5.74, 6) is 0.167. The van der Waals surface area contributed by atoms with Crippen molar-refractivity contribution in [3.63, 3.8) is 0 Å². The summed E-state index contributed by atoms with van der Waals surface area (Å²) in [6.45, 7) is 3.61. The van der Waals surface area contributed by atoms with Crippen molar-refractivity contribution in [2.75, 3.05) is 6.54 Å². The van der Waals surface area contributed by atoms with Gasteiger partial charge in [0.1, 0.15) is 6.54 Å². The lowest BCUT2D eigenvalue weighted by Crippen LogP contribution is -2.35. The molecule has 21 heavy (non-hydrogen) atoms. The van der Waals surface area contributed by atoms with Gasteiger partial charge in [-0.3, -0.25) is 4.79 Å². The second-order valence-electron chi connectivity index (χ2n) is 5.56. The number of carbonyl (C=O) groups is 1. The van der Waals surface area contributed by atoms with E-state index in [1.807, 2.05) is 40.8 Å².